The van der Waals surface area contributed by atoms with E-state index < -0.39 is 0 Å². The van der Waals surface area contributed by atoms with E-state index in [1.165, 1.54) is 0 Å². The molecule has 2 aromatic rings. The Labute approximate surface area is 121 Å². The third kappa shape index (κ3) is 3.01. The average molecular weight is 295 g/mol. The SMILES string of the molecule is O=C(CCc1cc(Cl)no1)NC1CC(n2cccn2)C1. The highest BCUT2D eigenvalue weighted by Gasteiger charge is 2.31. The predicted molar refractivity (Wildman–Crippen MR) is 72.3 cm³/mol. The summed E-state index contributed by atoms with van der Waals surface area (Å²) >= 11 is 5.64. The highest BCUT2D eigenvalue weighted by atomic mass is 35.5. The van der Waals surface area contributed by atoms with Gasteiger partial charge in [-0.3, -0.25) is 9.48 Å². The fraction of sp³-hybridized carbons (Fsp3) is 0.462. The second-order valence-corrected chi connectivity index (χ2v) is 5.38. The molecule has 106 valence electrons. The minimum atomic E-state index is 0.0291. The van der Waals surface area contributed by atoms with Gasteiger partial charge in [-0.1, -0.05) is 16.8 Å². The second kappa shape index (κ2) is 5.66. The van der Waals surface area contributed by atoms with Gasteiger partial charge in [-0.25, -0.2) is 0 Å². The first kappa shape index (κ1) is 13.2. The molecular weight excluding hydrogens is 280 g/mol. The third-order valence-corrected chi connectivity index (χ3v) is 3.68. The van der Waals surface area contributed by atoms with Crippen molar-refractivity contribution in [2.45, 2.75) is 37.8 Å². The normalized spacial score (nSPS) is 21.4. The van der Waals surface area contributed by atoms with Gasteiger partial charge >= 0.3 is 0 Å². The number of aryl methyl sites for hydroxylation is 1. The summed E-state index contributed by atoms with van der Waals surface area (Å²) in [5.74, 6) is 0.662. The minimum Gasteiger partial charge on any atom is -0.360 e. The van der Waals surface area contributed by atoms with Crippen LogP contribution in [0.4, 0.5) is 0 Å². The number of nitrogens with one attached hydrogen (secondary N) is 1. The fourth-order valence-electron chi connectivity index (χ4n) is 2.36. The maximum absolute atomic E-state index is 11.8. The van der Waals surface area contributed by atoms with Gasteiger partial charge in [0.1, 0.15) is 5.76 Å². The van der Waals surface area contributed by atoms with Crippen molar-refractivity contribution < 1.29 is 9.32 Å². The Hall–Kier alpha value is -1.82. The number of hydrogen-bond acceptors (Lipinski definition) is 4. The van der Waals surface area contributed by atoms with Gasteiger partial charge in [0.2, 0.25) is 5.91 Å². The van der Waals surface area contributed by atoms with E-state index >= 15 is 0 Å². The Morgan fingerprint density at radius 2 is 2.40 bits per heavy atom. The predicted octanol–water partition coefficient (Wildman–Crippen LogP) is 1.98. The van der Waals surface area contributed by atoms with Crippen LogP contribution in [0.1, 0.15) is 31.1 Å². The highest BCUT2D eigenvalue weighted by molar-refractivity contribution is 6.29. The first-order valence-electron chi connectivity index (χ1n) is 6.60. The molecule has 2 aromatic heterocycles. The molecule has 1 amide bonds. The van der Waals surface area contributed by atoms with Crippen LogP contribution in [0.3, 0.4) is 0 Å². The number of amides is 1. The smallest absolute Gasteiger partial charge is 0.220 e. The Kier molecular flexibility index (Phi) is 3.73. The van der Waals surface area contributed by atoms with E-state index in [1.807, 2.05) is 16.9 Å². The van der Waals surface area contributed by atoms with Crippen LogP contribution < -0.4 is 5.32 Å². The van der Waals surface area contributed by atoms with E-state index in [0.29, 0.717) is 29.8 Å². The number of hydrogen-bond donors (Lipinski definition) is 1. The number of nitrogens with zero attached hydrogens (tertiary/aromatic N) is 3. The Balaban J connectivity index is 1.38. The number of carbonyl (C=O) groups excluding carboxylic acids is 1. The van der Waals surface area contributed by atoms with Gasteiger partial charge in [-0.05, 0) is 18.9 Å². The molecule has 1 N–H and O–H groups in total. The molecule has 0 aliphatic heterocycles. The van der Waals surface area contributed by atoms with Gasteiger partial charge in [0.25, 0.3) is 0 Å². The lowest BCUT2D eigenvalue weighted by molar-refractivity contribution is -0.122. The van der Waals surface area contributed by atoms with Gasteiger partial charge in [0.15, 0.2) is 5.15 Å². The summed E-state index contributed by atoms with van der Waals surface area (Å²) in [6.45, 7) is 0. The molecule has 1 fully saturated rings. The first-order valence-corrected chi connectivity index (χ1v) is 6.98. The van der Waals surface area contributed by atoms with Crippen LogP contribution in [0.25, 0.3) is 0 Å². The van der Waals surface area contributed by atoms with E-state index in [4.69, 9.17) is 16.1 Å². The summed E-state index contributed by atoms with van der Waals surface area (Å²) in [6, 6.07) is 4.19. The Bertz CT molecular complexity index is 575. The first-order chi connectivity index (χ1) is 9.70. The van der Waals surface area contributed by atoms with Crippen LogP contribution in [0.5, 0.6) is 0 Å². The quantitative estimate of drug-likeness (QED) is 0.915. The monoisotopic (exact) mass is 294 g/mol. The molecule has 0 spiro atoms. The largest absolute Gasteiger partial charge is 0.360 e. The summed E-state index contributed by atoms with van der Waals surface area (Å²) < 4.78 is 6.90. The van der Waals surface area contributed by atoms with Crippen LogP contribution in [0.2, 0.25) is 5.15 Å². The average Bonchev–Trinajstić information content (AvgIpc) is 3.02. The number of rotatable bonds is 5. The van der Waals surface area contributed by atoms with Crippen molar-refractivity contribution in [3.63, 3.8) is 0 Å². The maximum atomic E-state index is 11.8. The molecule has 1 saturated carbocycles. The van der Waals surface area contributed by atoms with E-state index in [9.17, 15) is 4.79 Å². The van der Waals surface area contributed by atoms with Gasteiger partial charge < -0.3 is 9.84 Å². The minimum absolute atomic E-state index is 0.0291. The van der Waals surface area contributed by atoms with E-state index in [1.54, 1.807) is 12.3 Å². The van der Waals surface area contributed by atoms with Crippen molar-refractivity contribution in [3.8, 4) is 0 Å². The summed E-state index contributed by atoms with van der Waals surface area (Å²) in [4.78, 5) is 11.8. The van der Waals surface area contributed by atoms with Gasteiger partial charge in [0, 0.05) is 37.3 Å². The molecule has 0 unspecified atom stereocenters. The lowest BCUT2D eigenvalue weighted by atomic mass is 9.87. The van der Waals surface area contributed by atoms with E-state index in [2.05, 4.69) is 15.6 Å². The van der Waals surface area contributed by atoms with Gasteiger partial charge in [-0.15, -0.1) is 0 Å². The zero-order valence-corrected chi connectivity index (χ0v) is 11.6. The van der Waals surface area contributed by atoms with Crippen molar-refractivity contribution >= 4 is 17.5 Å². The zero-order chi connectivity index (χ0) is 13.9. The van der Waals surface area contributed by atoms with Crippen LogP contribution in [-0.2, 0) is 11.2 Å². The number of aromatic nitrogens is 3. The maximum Gasteiger partial charge on any atom is 0.220 e. The zero-order valence-electron chi connectivity index (χ0n) is 10.8. The van der Waals surface area contributed by atoms with Crippen LogP contribution in [0.15, 0.2) is 29.0 Å². The molecule has 1 aliphatic rings. The third-order valence-electron chi connectivity index (χ3n) is 3.51. The molecule has 0 saturated heterocycles. The van der Waals surface area contributed by atoms with E-state index in [0.717, 1.165) is 12.8 Å². The summed E-state index contributed by atoms with van der Waals surface area (Å²) in [7, 11) is 0. The van der Waals surface area contributed by atoms with E-state index in [-0.39, 0.29) is 11.9 Å². The van der Waals surface area contributed by atoms with Crippen LogP contribution in [0, 0.1) is 0 Å². The summed E-state index contributed by atoms with van der Waals surface area (Å²) in [5.41, 5.74) is 0. The molecule has 7 heteroatoms. The van der Waals surface area contributed by atoms with Crippen LogP contribution >= 0.6 is 11.6 Å². The lowest BCUT2D eigenvalue weighted by Gasteiger charge is -2.35. The fourth-order valence-corrected chi connectivity index (χ4v) is 2.52. The highest BCUT2D eigenvalue weighted by Crippen LogP contribution is 2.31. The van der Waals surface area contributed by atoms with Gasteiger partial charge in [0.05, 0.1) is 6.04 Å². The molecule has 0 radical (unpaired) electrons. The van der Waals surface area contributed by atoms with Crippen molar-refractivity contribution in [2.24, 2.45) is 0 Å². The van der Waals surface area contributed by atoms with Gasteiger partial charge in [-0.2, -0.15) is 5.10 Å². The molecule has 3 rings (SSSR count). The molecule has 1 aliphatic carbocycles. The molecule has 20 heavy (non-hydrogen) atoms. The standard InChI is InChI=1S/C13H15ClN4O2/c14-12-8-11(20-17-12)2-3-13(19)16-9-6-10(7-9)18-5-1-4-15-18/h1,4-5,8-10H,2-3,6-7H2,(H,16,19). The van der Waals surface area contributed by atoms with Crippen molar-refractivity contribution in [1.29, 1.82) is 0 Å². The Morgan fingerprint density at radius 1 is 1.55 bits per heavy atom. The van der Waals surface area contributed by atoms with Crippen molar-refractivity contribution in [3.05, 3.63) is 35.4 Å². The molecule has 0 bridgehead atoms. The lowest BCUT2D eigenvalue weighted by Crippen LogP contribution is -2.45. The Morgan fingerprint density at radius 3 is 3.05 bits per heavy atom. The molecule has 2 heterocycles. The second-order valence-electron chi connectivity index (χ2n) is 4.99. The van der Waals surface area contributed by atoms with Crippen molar-refractivity contribution in [2.75, 3.05) is 0 Å². The number of carbonyl (C=O) groups is 1. The van der Waals surface area contributed by atoms with Crippen molar-refractivity contribution in [1.82, 2.24) is 20.3 Å². The molecule has 0 aromatic carbocycles. The molecular formula is C13H15ClN4O2. The van der Waals surface area contributed by atoms with Crippen LogP contribution in [-0.4, -0.2) is 26.9 Å². The summed E-state index contributed by atoms with van der Waals surface area (Å²) in [5, 5.41) is 11.1. The topological polar surface area (TPSA) is 73.0 Å². The molecule has 0 atom stereocenters. The number of halogens is 1. The summed E-state index contributed by atoms with van der Waals surface area (Å²) in [6.07, 6.45) is 6.49. The molecule has 6 nitrogen and oxygen atoms in total.